The van der Waals surface area contributed by atoms with Gasteiger partial charge in [0.25, 0.3) is 0 Å². The lowest BCUT2D eigenvalue weighted by atomic mass is 10.1. The number of hydrogen-bond acceptors (Lipinski definition) is 3. The molecule has 0 saturated carbocycles. The number of furan rings is 1. The highest BCUT2D eigenvalue weighted by molar-refractivity contribution is 5.13. The van der Waals surface area contributed by atoms with Gasteiger partial charge in [0.1, 0.15) is 5.76 Å². The van der Waals surface area contributed by atoms with Gasteiger partial charge in [-0.3, -0.25) is 4.90 Å². The molecule has 0 spiro atoms. The normalized spacial score (nSPS) is 11.8. The molecule has 0 amide bonds. The molecule has 0 fully saturated rings. The van der Waals surface area contributed by atoms with Crippen LogP contribution in [-0.4, -0.2) is 23.5 Å². The van der Waals surface area contributed by atoms with E-state index in [-0.39, 0.29) is 5.54 Å². The van der Waals surface area contributed by atoms with E-state index in [2.05, 4.69) is 50.2 Å². The van der Waals surface area contributed by atoms with Crippen LogP contribution < -0.4 is 5.32 Å². The lowest BCUT2D eigenvalue weighted by molar-refractivity contribution is 0.295. The molecule has 1 rings (SSSR count). The van der Waals surface area contributed by atoms with E-state index in [1.165, 1.54) is 5.56 Å². The highest BCUT2D eigenvalue weighted by Crippen LogP contribution is 2.12. The van der Waals surface area contributed by atoms with Crippen molar-refractivity contribution in [3.8, 4) is 0 Å². The van der Waals surface area contributed by atoms with Gasteiger partial charge in [-0.15, -0.1) is 13.2 Å². The topological polar surface area (TPSA) is 28.4 Å². The average molecular weight is 262 g/mol. The summed E-state index contributed by atoms with van der Waals surface area (Å²) in [5.74, 6) is 0.981. The van der Waals surface area contributed by atoms with Crippen LogP contribution in [0, 0.1) is 0 Å². The monoisotopic (exact) mass is 262 g/mol. The van der Waals surface area contributed by atoms with E-state index >= 15 is 0 Å². The zero-order valence-electron chi connectivity index (χ0n) is 12.4. The average Bonchev–Trinajstić information content (AvgIpc) is 2.74. The Kier molecular flexibility index (Phi) is 6.06. The Bertz CT molecular complexity index is 391. The third kappa shape index (κ3) is 6.41. The minimum Gasteiger partial charge on any atom is -0.468 e. The minimum absolute atomic E-state index is 0.120. The molecule has 0 radical (unpaired) electrons. The van der Waals surface area contributed by atoms with Gasteiger partial charge in [-0.05, 0) is 26.8 Å². The fraction of sp³-hybridized carbons (Fsp3) is 0.500. The zero-order valence-corrected chi connectivity index (χ0v) is 12.4. The molecule has 1 aromatic rings. The summed E-state index contributed by atoms with van der Waals surface area (Å²) in [6.07, 6.45) is 5.62. The zero-order chi connectivity index (χ0) is 14.3. The second-order valence-electron chi connectivity index (χ2n) is 5.80. The highest BCUT2D eigenvalue weighted by Gasteiger charge is 2.11. The van der Waals surface area contributed by atoms with E-state index in [0.29, 0.717) is 0 Å². The molecular weight excluding hydrogens is 236 g/mol. The van der Waals surface area contributed by atoms with Crippen molar-refractivity contribution in [3.05, 3.63) is 49.0 Å². The lowest BCUT2D eigenvalue weighted by Crippen LogP contribution is -2.34. The molecule has 3 nitrogen and oxygen atoms in total. The Labute approximate surface area is 117 Å². The van der Waals surface area contributed by atoms with Crippen molar-refractivity contribution in [2.75, 3.05) is 13.1 Å². The Morgan fingerprint density at radius 1 is 1.26 bits per heavy atom. The summed E-state index contributed by atoms with van der Waals surface area (Å²) >= 11 is 0. The number of nitrogens with one attached hydrogen (secondary N) is 1. The maximum Gasteiger partial charge on any atom is 0.118 e. The van der Waals surface area contributed by atoms with Crippen LogP contribution in [0.15, 0.2) is 42.1 Å². The molecule has 0 aliphatic rings. The molecule has 106 valence electrons. The van der Waals surface area contributed by atoms with Crippen LogP contribution in [0.5, 0.6) is 0 Å². The van der Waals surface area contributed by atoms with E-state index in [1.54, 1.807) is 0 Å². The first kappa shape index (κ1) is 15.7. The number of nitrogens with zero attached hydrogens (tertiary/aromatic N) is 1. The third-order valence-electron chi connectivity index (χ3n) is 2.68. The Morgan fingerprint density at radius 3 is 2.42 bits per heavy atom. The summed E-state index contributed by atoms with van der Waals surface area (Å²) in [5, 5.41) is 3.45. The number of hydrogen-bond donors (Lipinski definition) is 1. The summed E-state index contributed by atoms with van der Waals surface area (Å²) in [5.41, 5.74) is 1.30. The molecule has 0 saturated heterocycles. The van der Waals surface area contributed by atoms with Gasteiger partial charge in [0, 0.05) is 30.7 Å². The van der Waals surface area contributed by atoms with Gasteiger partial charge in [-0.25, -0.2) is 0 Å². The second-order valence-corrected chi connectivity index (χ2v) is 5.80. The van der Waals surface area contributed by atoms with Gasteiger partial charge in [-0.1, -0.05) is 12.2 Å². The SMILES string of the molecule is C=CCN(CC=C)Cc1cc(CNC(C)(C)C)co1. The van der Waals surface area contributed by atoms with Gasteiger partial charge in [-0.2, -0.15) is 0 Å². The first-order valence-corrected chi connectivity index (χ1v) is 6.70. The van der Waals surface area contributed by atoms with Crippen molar-refractivity contribution >= 4 is 0 Å². The van der Waals surface area contributed by atoms with E-state index in [0.717, 1.165) is 31.9 Å². The third-order valence-corrected chi connectivity index (χ3v) is 2.68. The second kappa shape index (κ2) is 7.31. The standard InChI is InChI=1S/C16H26N2O/c1-6-8-18(9-7-2)12-15-10-14(13-19-15)11-17-16(3,4)5/h6-7,10,13,17H,1-2,8-9,11-12H2,3-5H3. The quantitative estimate of drug-likeness (QED) is 0.728. The molecule has 0 atom stereocenters. The molecule has 1 N–H and O–H groups in total. The summed E-state index contributed by atoms with van der Waals surface area (Å²) in [6.45, 7) is 17.3. The van der Waals surface area contributed by atoms with E-state index in [9.17, 15) is 0 Å². The van der Waals surface area contributed by atoms with Gasteiger partial charge < -0.3 is 9.73 Å². The molecule has 1 heterocycles. The lowest BCUT2D eigenvalue weighted by Gasteiger charge is -2.19. The molecule has 0 aliphatic carbocycles. The van der Waals surface area contributed by atoms with Crippen LogP contribution in [0.2, 0.25) is 0 Å². The van der Waals surface area contributed by atoms with Gasteiger partial charge >= 0.3 is 0 Å². The number of rotatable bonds is 8. The van der Waals surface area contributed by atoms with Crippen molar-refractivity contribution in [2.24, 2.45) is 0 Å². The van der Waals surface area contributed by atoms with Crippen LogP contribution in [-0.2, 0) is 13.1 Å². The molecule has 0 unspecified atom stereocenters. The predicted molar refractivity (Wildman–Crippen MR) is 81.0 cm³/mol. The van der Waals surface area contributed by atoms with Gasteiger partial charge in [0.05, 0.1) is 12.8 Å². The summed E-state index contributed by atoms with van der Waals surface area (Å²) in [4.78, 5) is 2.22. The fourth-order valence-corrected chi connectivity index (χ4v) is 1.76. The van der Waals surface area contributed by atoms with Crippen molar-refractivity contribution in [1.29, 1.82) is 0 Å². The molecule has 3 heteroatoms. The van der Waals surface area contributed by atoms with Crippen LogP contribution in [0.1, 0.15) is 32.1 Å². The molecule has 0 bridgehead atoms. The maximum atomic E-state index is 5.60. The van der Waals surface area contributed by atoms with Crippen molar-refractivity contribution in [3.63, 3.8) is 0 Å². The molecule has 1 aromatic heterocycles. The van der Waals surface area contributed by atoms with Crippen molar-refractivity contribution in [2.45, 2.75) is 39.4 Å². The van der Waals surface area contributed by atoms with Gasteiger partial charge in [0.15, 0.2) is 0 Å². The van der Waals surface area contributed by atoms with Crippen LogP contribution >= 0.6 is 0 Å². The largest absolute Gasteiger partial charge is 0.468 e. The predicted octanol–water partition coefficient (Wildman–Crippen LogP) is 3.34. The molecule has 19 heavy (non-hydrogen) atoms. The Hall–Kier alpha value is -1.32. The van der Waals surface area contributed by atoms with Crippen LogP contribution in [0.3, 0.4) is 0 Å². The first-order valence-electron chi connectivity index (χ1n) is 6.70. The van der Waals surface area contributed by atoms with Crippen molar-refractivity contribution in [1.82, 2.24) is 10.2 Å². The van der Waals surface area contributed by atoms with E-state index < -0.39 is 0 Å². The summed E-state index contributed by atoms with van der Waals surface area (Å²) in [7, 11) is 0. The minimum atomic E-state index is 0.120. The summed E-state index contributed by atoms with van der Waals surface area (Å²) in [6, 6.07) is 2.11. The Morgan fingerprint density at radius 2 is 1.89 bits per heavy atom. The summed E-state index contributed by atoms with van der Waals surface area (Å²) < 4.78 is 5.60. The molecular formula is C16H26N2O. The Balaban J connectivity index is 2.53. The smallest absolute Gasteiger partial charge is 0.118 e. The fourth-order valence-electron chi connectivity index (χ4n) is 1.76. The molecule has 0 aliphatic heterocycles. The van der Waals surface area contributed by atoms with Crippen LogP contribution in [0.4, 0.5) is 0 Å². The maximum absolute atomic E-state index is 5.60. The molecule has 0 aromatic carbocycles. The van der Waals surface area contributed by atoms with Gasteiger partial charge in [0.2, 0.25) is 0 Å². The van der Waals surface area contributed by atoms with E-state index in [4.69, 9.17) is 4.42 Å². The van der Waals surface area contributed by atoms with Crippen molar-refractivity contribution < 1.29 is 4.42 Å². The van der Waals surface area contributed by atoms with E-state index in [1.807, 2.05) is 18.4 Å². The highest BCUT2D eigenvalue weighted by atomic mass is 16.3. The van der Waals surface area contributed by atoms with Crippen LogP contribution in [0.25, 0.3) is 0 Å². The first-order chi connectivity index (χ1) is 8.94.